The van der Waals surface area contributed by atoms with Crippen LogP contribution in [0.4, 0.5) is 0 Å². The Kier molecular flexibility index (Phi) is 5.25. The van der Waals surface area contributed by atoms with E-state index in [2.05, 4.69) is 37.3 Å². The summed E-state index contributed by atoms with van der Waals surface area (Å²) in [4.78, 5) is 0. The smallest absolute Gasteiger partial charge is 0.0716 e. The SMILES string of the molecule is CCC1(CCOCc2ccccc2)CCCCC1. The topological polar surface area (TPSA) is 9.23 Å². The third-order valence-electron chi connectivity index (χ3n) is 4.55. The largest absolute Gasteiger partial charge is 0.377 e. The Balaban J connectivity index is 1.71. The van der Waals surface area contributed by atoms with E-state index in [1.807, 2.05) is 0 Å². The Morgan fingerprint density at radius 3 is 2.44 bits per heavy atom. The van der Waals surface area contributed by atoms with Gasteiger partial charge in [-0.15, -0.1) is 0 Å². The molecule has 100 valence electrons. The summed E-state index contributed by atoms with van der Waals surface area (Å²) in [7, 11) is 0. The molecule has 1 saturated carbocycles. The molecule has 1 heteroatoms. The molecule has 1 aromatic rings. The number of hydrogen-bond acceptors (Lipinski definition) is 1. The highest BCUT2D eigenvalue weighted by Gasteiger charge is 2.29. The first-order valence-corrected chi connectivity index (χ1v) is 7.46. The maximum Gasteiger partial charge on any atom is 0.0716 e. The minimum atomic E-state index is 0.592. The van der Waals surface area contributed by atoms with Gasteiger partial charge in [0.15, 0.2) is 0 Å². The molecule has 0 radical (unpaired) electrons. The summed E-state index contributed by atoms with van der Waals surface area (Å²) < 4.78 is 5.85. The molecule has 0 unspecified atom stereocenters. The summed E-state index contributed by atoms with van der Waals surface area (Å²) in [5.41, 5.74) is 1.88. The second-order valence-corrected chi connectivity index (χ2v) is 5.70. The van der Waals surface area contributed by atoms with Gasteiger partial charge in [0.25, 0.3) is 0 Å². The van der Waals surface area contributed by atoms with Gasteiger partial charge in [-0.05, 0) is 30.2 Å². The van der Waals surface area contributed by atoms with Crippen molar-refractivity contribution in [1.82, 2.24) is 0 Å². The summed E-state index contributed by atoms with van der Waals surface area (Å²) in [6.45, 7) is 4.03. The Morgan fingerprint density at radius 1 is 1.06 bits per heavy atom. The highest BCUT2D eigenvalue weighted by molar-refractivity contribution is 5.13. The number of ether oxygens (including phenoxy) is 1. The molecular weight excluding hydrogens is 220 g/mol. The highest BCUT2D eigenvalue weighted by Crippen LogP contribution is 2.41. The van der Waals surface area contributed by atoms with Crippen molar-refractivity contribution < 1.29 is 4.74 Å². The Labute approximate surface area is 112 Å². The molecule has 0 atom stereocenters. The van der Waals surface area contributed by atoms with E-state index in [0.717, 1.165) is 13.2 Å². The van der Waals surface area contributed by atoms with Gasteiger partial charge < -0.3 is 4.74 Å². The van der Waals surface area contributed by atoms with Gasteiger partial charge in [-0.3, -0.25) is 0 Å². The Bertz CT molecular complexity index is 325. The van der Waals surface area contributed by atoms with Gasteiger partial charge in [-0.2, -0.15) is 0 Å². The molecule has 1 nitrogen and oxygen atoms in total. The molecule has 0 aromatic heterocycles. The van der Waals surface area contributed by atoms with Crippen LogP contribution in [0.25, 0.3) is 0 Å². The van der Waals surface area contributed by atoms with E-state index in [-0.39, 0.29) is 0 Å². The van der Waals surface area contributed by atoms with Crippen LogP contribution in [0.1, 0.15) is 57.4 Å². The second kappa shape index (κ2) is 6.94. The normalized spacial score (nSPS) is 18.7. The molecule has 0 bridgehead atoms. The van der Waals surface area contributed by atoms with Crippen LogP contribution in [0.15, 0.2) is 30.3 Å². The molecule has 0 saturated heterocycles. The number of rotatable bonds is 6. The average Bonchev–Trinajstić information content (AvgIpc) is 2.46. The molecule has 0 aliphatic heterocycles. The predicted octanol–water partition coefficient (Wildman–Crippen LogP) is 4.95. The third-order valence-corrected chi connectivity index (χ3v) is 4.55. The van der Waals surface area contributed by atoms with Crippen LogP contribution >= 0.6 is 0 Å². The van der Waals surface area contributed by atoms with Crippen LogP contribution in [0.2, 0.25) is 0 Å². The van der Waals surface area contributed by atoms with E-state index >= 15 is 0 Å². The molecule has 1 aliphatic rings. The summed E-state index contributed by atoms with van der Waals surface area (Å²) in [6.07, 6.45) is 9.68. The minimum Gasteiger partial charge on any atom is -0.377 e. The van der Waals surface area contributed by atoms with Crippen LogP contribution in [-0.4, -0.2) is 6.61 Å². The van der Waals surface area contributed by atoms with Crippen LogP contribution in [0, 0.1) is 5.41 Å². The molecule has 0 heterocycles. The fourth-order valence-electron chi connectivity index (χ4n) is 3.14. The maximum atomic E-state index is 5.85. The quantitative estimate of drug-likeness (QED) is 0.645. The maximum absolute atomic E-state index is 5.85. The van der Waals surface area contributed by atoms with Crippen LogP contribution in [0.3, 0.4) is 0 Å². The molecule has 0 N–H and O–H groups in total. The first-order chi connectivity index (χ1) is 8.85. The van der Waals surface area contributed by atoms with Crippen LogP contribution in [0.5, 0.6) is 0 Å². The molecule has 18 heavy (non-hydrogen) atoms. The van der Waals surface area contributed by atoms with Crippen molar-refractivity contribution in [2.45, 2.75) is 58.5 Å². The molecule has 1 fully saturated rings. The summed E-state index contributed by atoms with van der Waals surface area (Å²) >= 11 is 0. The summed E-state index contributed by atoms with van der Waals surface area (Å²) in [5, 5.41) is 0. The average molecular weight is 246 g/mol. The lowest BCUT2D eigenvalue weighted by Gasteiger charge is -2.36. The van der Waals surface area contributed by atoms with Crippen LogP contribution < -0.4 is 0 Å². The van der Waals surface area contributed by atoms with Gasteiger partial charge in [-0.1, -0.05) is 62.9 Å². The van der Waals surface area contributed by atoms with E-state index in [1.165, 1.54) is 50.5 Å². The van der Waals surface area contributed by atoms with Crippen molar-refractivity contribution in [2.24, 2.45) is 5.41 Å². The molecule has 0 spiro atoms. The number of hydrogen-bond donors (Lipinski definition) is 0. The van der Waals surface area contributed by atoms with E-state index in [4.69, 9.17) is 4.74 Å². The van der Waals surface area contributed by atoms with E-state index < -0.39 is 0 Å². The first kappa shape index (κ1) is 13.6. The third kappa shape index (κ3) is 3.84. The first-order valence-electron chi connectivity index (χ1n) is 7.46. The molecular formula is C17H26O. The van der Waals surface area contributed by atoms with Crippen molar-refractivity contribution in [3.8, 4) is 0 Å². The van der Waals surface area contributed by atoms with E-state index in [0.29, 0.717) is 5.41 Å². The Morgan fingerprint density at radius 2 is 1.78 bits per heavy atom. The van der Waals surface area contributed by atoms with Crippen molar-refractivity contribution in [3.63, 3.8) is 0 Å². The monoisotopic (exact) mass is 246 g/mol. The van der Waals surface area contributed by atoms with E-state index in [1.54, 1.807) is 0 Å². The number of benzene rings is 1. The molecule has 0 amide bonds. The zero-order valence-electron chi connectivity index (χ0n) is 11.7. The lowest BCUT2D eigenvalue weighted by Crippen LogP contribution is -2.25. The van der Waals surface area contributed by atoms with Crippen molar-refractivity contribution in [2.75, 3.05) is 6.61 Å². The van der Waals surface area contributed by atoms with Gasteiger partial charge in [0.2, 0.25) is 0 Å². The second-order valence-electron chi connectivity index (χ2n) is 5.70. The molecule has 2 rings (SSSR count). The molecule has 1 aromatic carbocycles. The van der Waals surface area contributed by atoms with Gasteiger partial charge >= 0.3 is 0 Å². The zero-order chi connectivity index (χ0) is 12.7. The van der Waals surface area contributed by atoms with Crippen LogP contribution in [-0.2, 0) is 11.3 Å². The fraction of sp³-hybridized carbons (Fsp3) is 0.647. The van der Waals surface area contributed by atoms with Crippen molar-refractivity contribution in [3.05, 3.63) is 35.9 Å². The molecule has 1 aliphatic carbocycles. The lowest BCUT2D eigenvalue weighted by molar-refractivity contribution is 0.0628. The lowest BCUT2D eigenvalue weighted by atomic mass is 9.70. The highest BCUT2D eigenvalue weighted by atomic mass is 16.5. The predicted molar refractivity (Wildman–Crippen MR) is 76.5 cm³/mol. The summed E-state index contributed by atoms with van der Waals surface area (Å²) in [6, 6.07) is 10.5. The van der Waals surface area contributed by atoms with E-state index in [9.17, 15) is 0 Å². The summed E-state index contributed by atoms with van der Waals surface area (Å²) in [5.74, 6) is 0. The Hall–Kier alpha value is -0.820. The van der Waals surface area contributed by atoms with Crippen molar-refractivity contribution >= 4 is 0 Å². The van der Waals surface area contributed by atoms with Gasteiger partial charge in [0, 0.05) is 6.61 Å². The van der Waals surface area contributed by atoms with Crippen molar-refractivity contribution in [1.29, 1.82) is 0 Å². The fourth-order valence-corrected chi connectivity index (χ4v) is 3.14. The standard InChI is InChI=1S/C17H26O/c1-2-17(11-7-4-8-12-17)13-14-18-15-16-9-5-3-6-10-16/h3,5-6,9-10H,2,4,7-8,11-15H2,1H3. The minimum absolute atomic E-state index is 0.592. The van der Waals surface area contributed by atoms with Gasteiger partial charge in [0.1, 0.15) is 0 Å². The zero-order valence-corrected chi connectivity index (χ0v) is 11.7. The van der Waals surface area contributed by atoms with Gasteiger partial charge in [-0.25, -0.2) is 0 Å². The van der Waals surface area contributed by atoms with Gasteiger partial charge in [0.05, 0.1) is 6.61 Å².